The van der Waals surface area contributed by atoms with E-state index in [1.807, 2.05) is 40.6 Å². The lowest BCUT2D eigenvalue weighted by Crippen LogP contribution is -2.40. The van der Waals surface area contributed by atoms with Gasteiger partial charge in [-0.1, -0.05) is 24.3 Å². The minimum absolute atomic E-state index is 0.107. The Morgan fingerprint density at radius 2 is 2.03 bits per heavy atom. The van der Waals surface area contributed by atoms with Crippen molar-refractivity contribution < 1.29 is 14.3 Å². The van der Waals surface area contributed by atoms with Gasteiger partial charge in [0.1, 0.15) is 5.01 Å². The van der Waals surface area contributed by atoms with E-state index in [9.17, 15) is 9.59 Å². The average molecular weight is 457 g/mol. The van der Waals surface area contributed by atoms with Gasteiger partial charge in [-0.2, -0.15) is 5.26 Å². The molecule has 0 N–H and O–H groups in total. The van der Waals surface area contributed by atoms with Crippen LogP contribution in [0.2, 0.25) is 0 Å². The van der Waals surface area contributed by atoms with E-state index < -0.39 is 11.0 Å². The number of amides is 1. The number of hydrogen-bond acceptors (Lipinski definition) is 7. The monoisotopic (exact) mass is 456 g/mol. The first kappa shape index (κ1) is 20.1. The van der Waals surface area contributed by atoms with Crippen molar-refractivity contribution in [1.82, 2.24) is 14.9 Å². The molecule has 0 bridgehead atoms. The molecular weight excluding hydrogens is 436 g/mol. The molecule has 1 aromatic carbocycles. The van der Waals surface area contributed by atoms with Gasteiger partial charge in [0.15, 0.2) is 5.60 Å². The van der Waals surface area contributed by atoms with E-state index in [0.29, 0.717) is 31.5 Å². The highest BCUT2D eigenvalue weighted by atomic mass is 32.1. The van der Waals surface area contributed by atoms with Crippen LogP contribution in [0.4, 0.5) is 0 Å². The molecule has 4 heterocycles. The second-order valence-corrected chi connectivity index (χ2v) is 9.85. The zero-order chi connectivity index (χ0) is 22.6. The highest BCUT2D eigenvalue weighted by molar-refractivity contribution is 7.10. The van der Waals surface area contributed by atoms with Crippen LogP contribution in [0.5, 0.6) is 0 Å². The van der Waals surface area contributed by atoms with Gasteiger partial charge < -0.3 is 9.64 Å². The fraction of sp³-hybridized carbons (Fsp3) is 0.320. The van der Waals surface area contributed by atoms with Gasteiger partial charge in [0, 0.05) is 41.9 Å². The summed E-state index contributed by atoms with van der Waals surface area (Å²) in [5.41, 5.74) is 2.93. The fourth-order valence-electron chi connectivity index (χ4n) is 5.11. The van der Waals surface area contributed by atoms with Crippen molar-refractivity contribution in [2.24, 2.45) is 0 Å². The quantitative estimate of drug-likeness (QED) is 0.557. The van der Waals surface area contributed by atoms with Gasteiger partial charge in [-0.3, -0.25) is 9.78 Å². The molecule has 0 unspecified atom stereocenters. The van der Waals surface area contributed by atoms with Crippen LogP contribution in [0, 0.1) is 11.3 Å². The molecule has 33 heavy (non-hydrogen) atoms. The molecule has 1 aliphatic carbocycles. The molecule has 1 saturated carbocycles. The van der Waals surface area contributed by atoms with Gasteiger partial charge in [-0.25, -0.2) is 9.78 Å². The maximum Gasteiger partial charge on any atom is 0.341 e. The molecule has 3 aromatic rings. The maximum absolute atomic E-state index is 13.6. The molecule has 2 fully saturated rings. The molecule has 1 saturated heterocycles. The molecule has 8 heteroatoms. The Hall–Kier alpha value is -3.57. The van der Waals surface area contributed by atoms with E-state index in [1.54, 1.807) is 12.4 Å². The predicted molar refractivity (Wildman–Crippen MR) is 120 cm³/mol. The van der Waals surface area contributed by atoms with Crippen LogP contribution in [-0.4, -0.2) is 39.8 Å². The lowest BCUT2D eigenvalue weighted by Gasteiger charge is -2.27. The molecule has 6 rings (SSSR count). The van der Waals surface area contributed by atoms with Crippen LogP contribution in [0.15, 0.2) is 48.1 Å². The van der Waals surface area contributed by atoms with E-state index in [4.69, 9.17) is 10.00 Å². The third kappa shape index (κ3) is 3.07. The summed E-state index contributed by atoms with van der Waals surface area (Å²) in [6, 6.07) is 12.0. The average Bonchev–Trinajstić information content (AvgIpc) is 3.19. The zero-order valence-electron chi connectivity index (χ0n) is 17.8. The number of carbonyl (C=O) groups excluding carboxylic acids is 2. The summed E-state index contributed by atoms with van der Waals surface area (Å²) in [5, 5.41) is 11.6. The number of rotatable bonds is 4. The van der Waals surface area contributed by atoms with Gasteiger partial charge in [0.25, 0.3) is 0 Å². The van der Waals surface area contributed by atoms with Crippen LogP contribution in [0.25, 0.3) is 11.3 Å². The summed E-state index contributed by atoms with van der Waals surface area (Å²) in [5.74, 6) is -0.250. The second kappa shape index (κ2) is 7.22. The van der Waals surface area contributed by atoms with Crippen molar-refractivity contribution in [3.8, 4) is 17.3 Å². The van der Waals surface area contributed by atoms with Crippen LogP contribution < -0.4 is 0 Å². The van der Waals surface area contributed by atoms with Gasteiger partial charge in [-0.15, -0.1) is 11.3 Å². The number of ether oxygens (including phenoxy) is 1. The Balaban J connectivity index is 1.22. The third-order valence-corrected chi connectivity index (χ3v) is 7.86. The van der Waals surface area contributed by atoms with Gasteiger partial charge in [0.2, 0.25) is 5.91 Å². The number of benzene rings is 1. The summed E-state index contributed by atoms with van der Waals surface area (Å²) in [6.45, 7) is 0.948. The van der Waals surface area contributed by atoms with E-state index in [1.165, 1.54) is 11.3 Å². The molecule has 2 aromatic heterocycles. The zero-order valence-corrected chi connectivity index (χ0v) is 18.6. The number of aromatic nitrogens is 2. The molecule has 7 nitrogen and oxygen atoms in total. The lowest BCUT2D eigenvalue weighted by molar-refractivity contribution is -0.134. The minimum Gasteiger partial charge on any atom is -0.449 e. The summed E-state index contributed by atoms with van der Waals surface area (Å²) >= 11 is 1.48. The topological polar surface area (TPSA) is 96.2 Å². The summed E-state index contributed by atoms with van der Waals surface area (Å²) in [6.07, 6.45) is 5.77. The number of nitrogens with zero attached hydrogens (tertiary/aromatic N) is 4. The van der Waals surface area contributed by atoms with Gasteiger partial charge in [0.05, 0.1) is 35.7 Å². The van der Waals surface area contributed by atoms with Crippen molar-refractivity contribution in [3.05, 3.63) is 69.8 Å². The number of thiazole rings is 1. The van der Waals surface area contributed by atoms with Crippen molar-refractivity contribution in [2.45, 2.75) is 36.7 Å². The molecule has 1 amide bonds. The standard InChI is InChI=1S/C25H20N4O3S/c26-10-5-21-28-20(14-33-21)16-1-3-17(4-2-16)24(7-8-24)23(31)29-12-9-25(15-29)19-6-11-27-13-18(19)22(30)32-25/h1-4,6,11,13-14H,5,7-9,12,15H2/t25-/m0/s1. The highest BCUT2D eigenvalue weighted by Gasteiger charge is 2.57. The normalized spacial score (nSPS) is 22.2. The molecule has 3 aliphatic rings. The number of hydrogen-bond donors (Lipinski definition) is 0. The first-order valence-electron chi connectivity index (χ1n) is 10.9. The van der Waals surface area contributed by atoms with Crippen molar-refractivity contribution in [3.63, 3.8) is 0 Å². The van der Waals surface area contributed by atoms with Crippen LogP contribution >= 0.6 is 11.3 Å². The number of fused-ring (bicyclic) bond motifs is 2. The van der Waals surface area contributed by atoms with Crippen molar-refractivity contribution >= 4 is 23.2 Å². The molecule has 1 atom stereocenters. The summed E-state index contributed by atoms with van der Waals surface area (Å²) < 4.78 is 5.78. The first-order valence-corrected chi connectivity index (χ1v) is 11.8. The highest BCUT2D eigenvalue weighted by Crippen LogP contribution is 2.52. The minimum atomic E-state index is -0.753. The lowest BCUT2D eigenvalue weighted by atomic mass is 9.92. The van der Waals surface area contributed by atoms with E-state index in [-0.39, 0.29) is 11.9 Å². The summed E-state index contributed by atoms with van der Waals surface area (Å²) in [7, 11) is 0. The van der Waals surface area contributed by atoms with Crippen molar-refractivity contribution in [2.75, 3.05) is 13.1 Å². The largest absolute Gasteiger partial charge is 0.449 e. The van der Waals surface area contributed by atoms with E-state index in [2.05, 4.69) is 16.0 Å². The van der Waals surface area contributed by atoms with Crippen LogP contribution in [0.1, 0.15) is 45.8 Å². The molecular formula is C25H20N4O3S. The van der Waals surface area contributed by atoms with Gasteiger partial charge >= 0.3 is 5.97 Å². The van der Waals surface area contributed by atoms with E-state index in [0.717, 1.165) is 40.2 Å². The Morgan fingerprint density at radius 1 is 1.21 bits per heavy atom. The third-order valence-electron chi connectivity index (χ3n) is 7.01. The number of carbonyl (C=O) groups is 2. The Morgan fingerprint density at radius 3 is 2.79 bits per heavy atom. The van der Waals surface area contributed by atoms with Crippen LogP contribution in [0.3, 0.4) is 0 Å². The SMILES string of the molecule is N#CCc1nc(-c2ccc(C3(C(=O)N4CC[C@@]5(C4)OC(=O)c4cnccc45)CC3)cc2)cs1. The molecule has 0 radical (unpaired) electrons. The predicted octanol–water partition coefficient (Wildman–Crippen LogP) is 3.60. The number of pyridine rings is 1. The van der Waals surface area contributed by atoms with E-state index >= 15 is 0 Å². The van der Waals surface area contributed by atoms with Crippen molar-refractivity contribution in [1.29, 1.82) is 5.26 Å². The summed E-state index contributed by atoms with van der Waals surface area (Å²) in [4.78, 5) is 36.4. The molecule has 2 aliphatic heterocycles. The Labute approximate surface area is 194 Å². The molecule has 164 valence electrons. The Kier molecular flexibility index (Phi) is 4.39. The van der Waals surface area contributed by atoms with Crippen LogP contribution in [-0.2, 0) is 27.0 Å². The second-order valence-electron chi connectivity index (χ2n) is 8.90. The maximum atomic E-state index is 13.6. The number of esters is 1. The number of nitriles is 1. The molecule has 1 spiro atoms. The first-order chi connectivity index (χ1) is 16.0. The van der Waals surface area contributed by atoms with Gasteiger partial charge in [-0.05, 0) is 24.5 Å². The smallest absolute Gasteiger partial charge is 0.341 e. The Bertz CT molecular complexity index is 1320. The number of likely N-dealkylation sites (tertiary alicyclic amines) is 1. The fourth-order valence-corrected chi connectivity index (χ4v) is 5.84.